The van der Waals surface area contributed by atoms with E-state index in [1.807, 2.05) is 42.6 Å². The number of aromatic amines is 2. The first-order valence-corrected chi connectivity index (χ1v) is 7.73. The van der Waals surface area contributed by atoms with Gasteiger partial charge in [-0.1, -0.05) is 24.3 Å². The molecule has 0 atom stereocenters. The Bertz CT molecular complexity index is 1060. The van der Waals surface area contributed by atoms with E-state index >= 15 is 0 Å². The first-order chi connectivity index (χ1) is 11.7. The van der Waals surface area contributed by atoms with Gasteiger partial charge >= 0.3 is 0 Å². The summed E-state index contributed by atoms with van der Waals surface area (Å²) in [5.41, 5.74) is 2.43. The standard InChI is InChI=1S/C18H16N4O2/c23-17(21-9-11-5-7-19-8-6-11)13-10-20-16-15(13)12-3-1-2-4-14(12)22-18(16)24/h1-7,10,19-20H,8-9H2,(H,21,23)(H,22,24). The molecule has 1 amide bonds. The van der Waals surface area contributed by atoms with Gasteiger partial charge in [0.05, 0.1) is 5.56 Å². The van der Waals surface area contributed by atoms with Crippen LogP contribution in [-0.2, 0) is 0 Å². The molecule has 0 unspecified atom stereocenters. The fraction of sp³-hybridized carbons (Fsp3) is 0.111. The topological polar surface area (TPSA) is 89.8 Å². The molecule has 6 nitrogen and oxygen atoms in total. The van der Waals surface area contributed by atoms with Gasteiger partial charge in [0.25, 0.3) is 11.5 Å². The number of hydrogen-bond acceptors (Lipinski definition) is 3. The summed E-state index contributed by atoms with van der Waals surface area (Å²) in [6, 6.07) is 7.47. The first-order valence-electron chi connectivity index (χ1n) is 7.73. The van der Waals surface area contributed by atoms with Crippen molar-refractivity contribution in [3.05, 3.63) is 70.3 Å². The SMILES string of the molecule is O=C(NCC1=CCNC=C1)c1c[nH]c2c(=O)[nH]c3ccccc3c12. The van der Waals surface area contributed by atoms with E-state index in [2.05, 4.69) is 20.6 Å². The summed E-state index contributed by atoms with van der Waals surface area (Å²) in [5.74, 6) is -0.204. The zero-order valence-corrected chi connectivity index (χ0v) is 12.8. The van der Waals surface area contributed by atoms with Gasteiger partial charge in [0.2, 0.25) is 0 Å². The van der Waals surface area contributed by atoms with Gasteiger partial charge in [-0.3, -0.25) is 9.59 Å². The largest absolute Gasteiger partial charge is 0.387 e. The minimum absolute atomic E-state index is 0.204. The van der Waals surface area contributed by atoms with E-state index in [0.29, 0.717) is 28.5 Å². The summed E-state index contributed by atoms with van der Waals surface area (Å²) < 4.78 is 0. The normalized spacial score (nSPS) is 13.8. The number of amides is 1. The number of carbonyl (C=O) groups is 1. The Balaban J connectivity index is 1.74. The third-order valence-electron chi connectivity index (χ3n) is 4.15. The number of H-pyrrole nitrogens is 2. The molecule has 0 bridgehead atoms. The molecule has 24 heavy (non-hydrogen) atoms. The summed E-state index contributed by atoms with van der Waals surface area (Å²) in [6.07, 6.45) is 7.41. The van der Waals surface area contributed by atoms with Crippen LogP contribution in [0.15, 0.2) is 59.2 Å². The van der Waals surface area contributed by atoms with E-state index in [-0.39, 0.29) is 11.5 Å². The van der Waals surface area contributed by atoms with E-state index in [9.17, 15) is 9.59 Å². The molecule has 4 rings (SSSR count). The van der Waals surface area contributed by atoms with Crippen LogP contribution in [-0.4, -0.2) is 29.0 Å². The van der Waals surface area contributed by atoms with Crippen molar-refractivity contribution in [1.82, 2.24) is 20.6 Å². The number of para-hydroxylation sites is 1. The van der Waals surface area contributed by atoms with Gasteiger partial charge in [-0.25, -0.2) is 0 Å². The quantitative estimate of drug-likeness (QED) is 0.593. The smallest absolute Gasteiger partial charge is 0.272 e. The van der Waals surface area contributed by atoms with Crippen LogP contribution in [0.3, 0.4) is 0 Å². The maximum absolute atomic E-state index is 12.6. The average Bonchev–Trinajstić information content (AvgIpc) is 3.07. The number of fused-ring (bicyclic) bond motifs is 3. The van der Waals surface area contributed by atoms with Gasteiger partial charge in [-0.2, -0.15) is 0 Å². The monoisotopic (exact) mass is 320 g/mol. The van der Waals surface area contributed by atoms with Crippen LogP contribution in [0.2, 0.25) is 0 Å². The fourth-order valence-electron chi connectivity index (χ4n) is 2.96. The Kier molecular flexibility index (Phi) is 3.42. The molecular formula is C18H16N4O2. The van der Waals surface area contributed by atoms with Gasteiger partial charge in [-0.15, -0.1) is 0 Å². The molecule has 4 N–H and O–H groups in total. The Morgan fingerprint density at radius 2 is 2.12 bits per heavy atom. The van der Waals surface area contributed by atoms with Crippen molar-refractivity contribution in [2.75, 3.05) is 13.1 Å². The van der Waals surface area contributed by atoms with Crippen LogP contribution in [0.4, 0.5) is 0 Å². The number of benzene rings is 1. The van der Waals surface area contributed by atoms with Crippen LogP contribution in [0.1, 0.15) is 10.4 Å². The lowest BCUT2D eigenvalue weighted by molar-refractivity contribution is 0.0959. The molecule has 0 spiro atoms. The first kappa shape index (κ1) is 14.3. The van der Waals surface area contributed by atoms with Gasteiger partial charge in [0.1, 0.15) is 5.52 Å². The molecule has 0 fully saturated rings. The molecule has 3 aromatic rings. The maximum Gasteiger partial charge on any atom is 0.272 e. The Morgan fingerprint density at radius 3 is 2.96 bits per heavy atom. The molecule has 0 aliphatic carbocycles. The van der Waals surface area contributed by atoms with E-state index < -0.39 is 0 Å². The number of aromatic nitrogens is 2. The lowest BCUT2D eigenvalue weighted by atomic mass is 10.1. The zero-order chi connectivity index (χ0) is 16.5. The van der Waals surface area contributed by atoms with E-state index in [0.717, 1.165) is 17.5 Å². The number of hydrogen-bond donors (Lipinski definition) is 4. The number of nitrogens with one attached hydrogen (secondary N) is 4. The highest BCUT2D eigenvalue weighted by atomic mass is 16.1. The highest BCUT2D eigenvalue weighted by Gasteiger charge is 2.16. The van der Waals surface area contributed by atoms with Crippen LogP contribution in [0.25, 0.3) is 21.8 Å². The van der Waals surface area contributed by atoms with Gasteiger partial charge in [0.15, 0.2) is 0 Å². The molecule has 1 aliphatic heterocycles. The molecule has 0 saturated carbocycles. The summed E-state index contributed by atoms with van der Waals surface area (Å²) >= 11 is 0. The summed E-state index contributed by atoms with van der Waals surface area (Å²) in [6.45, 7) is 1.21. The van der Waals surface area contributed by atoms with Crippen LogP contribution in [0, 0.1) is 0 Å². The van der Waals surface area contributed by atoms with Gasteiger partial charge in [-0.05, 0) is 23.9 Å². The molecule has 0 radical (unpaired) electrons. The zero-order valence-electron chi connectivity index (χ0n) is 12.8. The summed E-state index contributed by atoms with van der Waals surface area (Å²) in [4.78, 5) is 30.5. The molecule has 1 aromatic carbocycles. The molecule has 6 heteroatoms. The van der Waals surface area contributed by atoms with E-state index in [1.54, 1.807) is 6.20 Å². The van der Waals surface area contributed by atoms with Crippen LogP contribution < -0.4 is 16.2 Å². The summed E-state index contributed by atoms with van der Waals surface area (Å²) in [5, 5.41) is 7.48. The average molecular weight is 320 g/mol. The van der Waals surface area contributed by atoms with Crippen molar-refractivity contribution in [2.45, 2.75) is 0 Å². The van der Waals surface area contributed by atoms with Crippen molar-refractivity contribution in [2.24, 2.45) is 0 Å². The van der Waals surface area contributed by atoms with Crippen molar-refractivity contribution >= 4 is 27.7 Å². The van der Waals surface area contributed by atoms with Crippen molar-refractivity contribution in [3.8, 4) is 0 Å². The van der Waals surface area contributed by atoms with Crippen LogP contribution in [0.5, 0.6) is 0 Å². The predicted molar refractivity (Wildman–Crippen MR) is 94.0 cm³/mol. The van der Waals surface area contributed by atoms with E-state index in [4.69, 9.17) is 0 Å². The maximum atomic E-state index is 12.6. The second kappa shape index (κ2) is 5.73. The number of rotatable bonds is 3. The fourth-order valence-corrected chi connectivity index (χ4v) is 2.96. The van der Waals surface area contributed by atoms with Crippen molar-refractivity contribution in [1.29, 1.82) is 0 Å². The number of carbonyl (C=O) groups excluding carboxylic acids is 1. The molecule has 3 heterocycles. The van der Waals surface area contributed by atoms with Gasteiger partial charge in [0, 0.05) is 35.6 Å². The molecule has 0 saturated heterocycles. The number of dihydropyridines is 1. The Hall–Kier alpha value is -3.28. The Morgan fingerprint density at radius 1 is 1.25 bits per heavy atom. The second-order valence-corrected chi connectivity index (χ2v) is 5.66. The Labute approximate surface area is 137 Å². The lowest BCUT2D eigenvalue weighted by Gasteiger charge is -2.10. The lowest BCUT2D eigenvalue weighted by Crippen LogP contribution is -2.26. The molecule has 1 aliphatic rings. The second-order valence-electron chi connectivity index (χ2n) is 5.66. The van der Waals surface area contributed by atoms with Crippen LogP contribution >= 0.6 is 0 Å². The predicted octanol–water partition coefficient (Wildman–Crippen LogP) is 1.78. The van der Waals surface area contributed by atoms with Crippen molar-refractivity contribution in [3.63, 3.8) is 0 Å². The molecular weight excluding hydrogens is 304 g/mol. The van der Waals surface area contributed by atoms with Crippen molar-refractivity contribution < 1.29 is 4.79 Å². The van der Waals surface area contributed by atoms with E-state index in [1.165, 1.54) is 0 Å². The minimum atomic E-state index is -0.230. The number of pyridine rings is 1. The molecule has 2 aromatic heterocycles. The summed E-state index contributed by atoms with van der Waals surface area (Å²) in [7, 11) is 0. The minimum Gasteiger partial charge on any atom is -0.387 e. The highest BCUT2D eigenvalue weighted by Crippen LogP contribution is 2.24. The third kappa shape index (κ3) is 2.38. The van der Waals surface area contributed by atoms with Gasteiger partial charge < -0.3 is 20.6 Å². The highest BCUT2D eigenvalue weighted by molar-refractivity contribution is 6.16. The molecule has 120 valence electrons. The third-order valence-corrected chi connectivity index (χ3v) is 4.15.